The molecule has 0 heterocycles. The molecule has 1 unspecified atom stereocenters. The molecule has 0 fully saturated rings. The second-order valence-corrected chi connectivity index (χ2v) is 5.59. The van der Waals surface area contributed by atoms with Gasteiger partial charge in [0.2, 0.25) is 0 Å². The summed E-state index contributed by atoms with van der Waals surface area (Å²) in [5, 5.41) is 18.7. The summed E-state index contributed by atoms with van der Waals surface area (Å²) in [5.74, 6) is -1.67. The lowest BCUT2D eigenvalue weighted by molar-refractivity contribution is -0.171. The first-order valence-corrected chi connectivity index (χ1v) is 8.22. The third-order valence-corrected chi connectivity index (χ3v) is 3.69. The first kappa shape index (κ1) is 20.5. The Labute approximate surface area is 126 Å². The van der Waals surface area contributed by atoms with Crippen LogP contribution >= 0.6 is 17.2 Å². The van der Waals surface area contributed by atoms with Crippen molar-refractivity contribution in [2.24, 2.45) is 0 Å². The van der Waals surface area contributed by atoms with Crippen LogP contribution in [0, 0.1) is 0 Å². The Bertz CT molecular complexity index is 386. The largest absolute Gasteiger partial charge is 0.362 e. The van der Waals surface area contributed by atoms with Crippen molar-refractivity contribution in [1.29, 1.82) is 0 Å². The predicted molar refractivity (Wildman–Crippen MR) is 80.6 cm³/mol. The Balaban J connectivity index is 0.000000384. The second-order valence-electron chi connectivity index (χ2n) is 3.69. The quantitative estimate of drug-likeness (QED) is 0.292. The standard InChI is InChI=1S/C9H12O2.C3H8O5P2/c1-2-9(10,11)8-6-4-3-5-7-8;1-2-3-7-10(6)8-9(4)5/h3-7,10-11H,2H2,1H3;2,4-6H,1,3H2. The van der Waals surface area contributed by atoms with Crippen LogP contribution in [0.15, 0.2) is 43.0 Å². The Morgan fingerprint density at radius 3 is 2.19 bits per heavy atom. The van der Waals surface area contributed by atoms with Crippen molar-refractivity contribution in [2.45, 2.75) is 19.1 Å². The fourth-order valence-electron chi connectivity index (χ4n) is 1.11. The van der Waals surface area contributed by atoms with Gasteiger partial charge in [-0.1, -0.05) is 43.3 Å². The summed E-state index contributed by atoms with van der Waals surface area (Å²) in [7, 11) is -4.71. The Morgan fingerprint density at radius 1 is 1.19 bits per heavy atom. The molecule has 1 aromatic carbocycles. The smallest absolute Gasteiger partial charge is 0.337 e. The van der Waals surface area contributed by atoms with Crippen LogP contribution in [-0.4, -0.2) is 31.5 Å². The van der Waals surface area contributed by atoms with Gasteiger partial charge in [0, 0.05) is 12.0 Å². The lowest BCUT2D eigenvalue weighted by Crippen LogP contribution is -2.23. The van der Waals surface area contributed by atoms with Crippen molar-refractivity contribution in [3.63, 3.8) is 0 Å². The van der Waals surface area contributed by atoms with Gasteiger partial charge in [0.25, 0.3) is 0 Å². The van der Waals surface area contributed by atoms with Crippen LogP contribution in [0.3, 0.4) is 0 Å². The molecule has 0 aliphatic carbocycles. The van der Waals surface area contributed by atoms with Gasteiger partial charge in [-0.15, -0.1) is 6.58 Å². The summed E-state index contributed by atoms with van der Waals surface area (Å²) in [4.78, 5) is 25.0. The minimum atomic E-state index is -2.54. The number of rotatable bonds is 7. The molecule has 1 rings (SSSR count). The van der Waals surface area contributed by atoms with Gasteiger partial charge in [0.15, 0.2) is 5.79 Å². The van der Waals surface area contributed by atoms with Gasteiger partial charge in [-0.05, 0) is 0 Å². The van der Waals surface area contributed by atoms with Crippen LogP contribution < -0.4 is 0 Å². The highest BCUT2D eigenvalue weighted by atomic mass is 31.2. The molecule has 0 aromatic heterocycles. The van der Waals surface area contributed by atoms with Gasteiger partial charge in [-0.3, -0.25) is 0 Å². The summed E-state index contributed by atoms with van der Waals surface area (Å²) in [6, 6.07) is 8.81. The van der Waals surface area contributed by atoms with E-state index in [9.17, 15) is 10.2 Å². The molecule has 21 heavy (non-hydrogen) atoms. The van der Waals surface area contributed by atoms with Gasteiger partial charge < -0.3 is 29.4 Å². The van der Waals surface area contributed by atoms with Gasteiger partial charge in [-0.2, -0.15) is 0 Å². The zero-order chi connectivity index (χ0) is 16.3. The van der Waals surface area contributed by atoms with Crippen molar-refractivity contribution < 1.29 is 33.7 Å². The summed E-state index contributed by atoms with van der Waals surface area (Å²) in [5.41, 5.74) is 0.544. The van der Waals surface area contributed by atoms with E-state index in [0.717, 1.165) is 0 Å². The fraction of sp³-hybridized carbons (Fsp3) is 0.333. The Hall–Kier alpha value is -0.460. The normalized spacial score (nSPS) is 12.5. The molecule has 0 saturated heterocycles. The summed E-state index contributed by atoms with van der Waals surface area (Å²) in [6.45, 7) is 5.16. The molecular formula is C12H20O7P2. The van der Waals surface area contributed by atoms with E-state index in [1.807, 2.05) is 6.07 Å². The van der Waals surface area contributed by atoms with Gasteiger partial charge in [0.05, 0.1) is 6.61 Å². The highest BCUT2D eigenvalue weighted by Crippen LogP contribution is 2.45. The minimum Gasteiger partial charge on any atom is -0.362 e. The average molecular weight is 338 g/mol. The van der Waals surface area contributed by atoms with Crippen LogP contribution in [0.4, 0.5) is 0 Å². The molecule has 0 aliphatic heterocycles. The van der Waals surface area contributed by atoms with Crippen molar-refractivity contribution in [3.05, 3.63) is 48.6 Å². The first-order chi connectivity index (χ1) is 9.83. The predicted octanol–water partition coefficient (Wildman–Crippen LogP) is 1.87. The molecule has 0 amide bonds. The molecule has 1 atom stereocenters. The van der Waals surface area contributed by atoms with Crippen LogP contribution in [0.5, 0.6) is 0 Å². The van der Waals surface area contributed by atoms with E-state index in [2.05, 4.69) is 15.4 Å². The maximum absolute atomic E-state index is 9.35. The second kappa shape index (κ2) is 11.2. The first-order valence-electron chi connectivity index (χ1n) is 5.92. The topological polar surface area (TPSA) is 120 Å². The zero-order valence-electron chi connectivity index (χ0n) is 11.5. The van der Waals surface area contributed by atoms with E-state index in [1.54, 1.807) is 31.2 Å². The molecular weight excluding hydrogens is 318 g/mol. The molecule has 0 radical (unpaired) electrons. The van der Waals surface area contributed by atoms with E-state index in [4.69, 9.17) is 14.7 Å². The zero-order valence-corrected chi connectivity index (χ0v) is 13.3. The summed E-state index contributed by atoms with van der Waals surface area (Å²) < 4.78 is 8.56. The molecule has 0 aliphatic rings. The van der Waals surface area contributed by atoms with E-state index >= 15 is 0 Å². The van der Waals surface area contributed by atoms with Crippen LogP contribution in [0.2, 0.25) is 0 Å². The summed E-state index contributed by atoms with van der Waals surface area (Å²) in [6.07, 6.45) is 1.71. The SMILES string of the molecule is C=CCOP(O)OP(O)O.CCC(O)(O)c1ccccc1. The third-order valence-electron chi connectivity index (χ3n) is 2.17. The van der Waals surface area contributed by atoms with Crippen molar-refractivity contribution in [2.75, 3.05) is 6.61 Å². The molecule has 120 valence electrons. The number of hydrogen-bond acceptors (Lipinski definition) is 7. The van der Waals surface area contributed by atoms with E-state index in [1.165, 1.54) is 6.08 Å². The van der Waals surface area contributed by atoms with Gasteiger partial charge >= 0.3 is 17.2 Å². The summed E-state index contributed by atoms with van der Waals surface area (Å²) >= 11 is 0. The highest BCUT2D eigenvalue weighted by Gasteiger charge is 2.21. The van der Waals surface area contributed by atoms with Crippen LogP contribution in [0.25, 0.3) is 0 Å². The molecule has 0 saturated carbocycles. The Kier molecular flexibility index (Phi) is 10.9. The molecule has 9 heteroatoms. The van der Waals surface area contributed by atoms with E-state index in [0.29, 0.717) is 12.0 Å². The molecule has 5 N–H and O–H groups in total. The lowest BCUT2D eigenvalue weighted by Gasteiger charge is -2.19. The highest BCUT2D eigenvalue weighted by molar-refractivity contribution is 7.54. The number of benzene rings is 1. The fourth-order valence-corrected chi connectivity index (χ4v) is 2.03. The number of hydrogen-bond donors (Lipinski definition) is 5. The van der Waals surface area contributed by atoms with E-state index in [-0.39, 0.29) is 6.61 Å². The lowest BCUT2D eigenvalue weighted by atomic mass is 10.0. The van der Waals surface area contributed by atoms with Crippen LogP contribution in [-0.2, 0) is 14.6 Å². The Morgan fingerprint density at radius 2 is 1.76 bits per heavy atom. The molecule has 0 spiro atoms. The van der Waals surface area contributed by atoms with Crippen molar-refractivity contribution >= 4 is 17.2 Å². The van der Waals surface area contributed by atoms with Crippen molar-refractivity contribution in [1.82, 2.24) is 0 Å². The third kappa shape index (κ3) is 9.98. The van der Waals surface area contributed by atoms with Crippen molar-refractivity contribution in [3.8, 4) is 0 Å². The monoisotopic (exact) mass is 338 g/mol. The van der Waals surface area contributed by atoms with Gasteiger partial charge in [0.1, 0.15) is 0 Å². The average Bonchev–Trinajstić information content (AvgIpc) is 2.46. The molecule has 1 aromatic rings. The molecule has 0 bridgehead atoms. The van der Waals surface area contributed by atoms with Gasteiger partial charge in [-0.25, -0.2) is 4.31 Å². The molecule has 7 nitrogen and oxygen atoms in total. The maximum atomic E-state index is 9.35. The maximum Gasteiger partial charge on any atom is 0.337 e. The van der Waals surface area contributed by atoms with E-state index < -0.39 is 23.0 Å². The number of aliphatic hydroxyl groups is 2. The van der Waals surface area contributed by atoms with Crippen LogP contribution in [0.1, 0.15) is 18.9 Å². The minimum absolute atomic E-state index is 0.116.